The molecule has 1 saturated carbocycles. The molecule has 5 rings (SSSR count). The second-order valence-corrected chi connectivity index (χ2v) is 7.35. The third-order valence-electron chi connectivity index (χ3n) is 5.22. The molecular formula is C24H20N4O2. The molecule has 1 unspecified atom stereocenters. The van der Waals surface area contributed by atoms with Gasteiger partial charge in [0.05, 0.1) is 12.5 Å². The molecule has 0 bridgehead atoms. The summed E-state index contributed by atoms with van der Waals surface area (Å²) in [6.45, 7) is 0. The number of furan rings is 1. The second kappa shape index (κ2) is 7.83. The van der Waals surface area contributed by atoms with Gasteiger partial charge in [0, 0.05) is 46.7 Å². The van der Waals surface area contributed by atoms with Crippen LogP contribution in [0.1, 0.15) is 28.3 Å². The molecule has 1 aliphatic carbocycles. The van der Waals surface area contributed by atoms with Crippen molar-refractivity contribution in [1.82, 2.24) is 15.3 Å². The zero-order valence-electron chi connectivity index (χ0n) is 16.2. The monoisotopic (exact) mass is 396 g/mol. The van der Waals surface area contributed by atoms with Gasteiger partial charge in [-0.2, -0.15) is 0 Å². The molecule has 1 aliphatic rings. The number of aromatic nitrogens is 2. The van der Waals surface area contributed by atoms with E-state index in [1.165, 1.54) is 5.56 Å². The minimum atomic E-state index is -0.0710. The van der Waals surface area contributed by atoms with Crippen molar-refractivity contribution in [1.29, 1.82) is 0 Å². The van der Waals surface area contributed by atoms with Crippen LogP contribution >= 0.6 is 0 Å². The molecule has 2 N–H and O–H groups in total. The smallest absolute Gasteiger partial charge is 0.251 e. The number of hydrogen-bond donors (Lipinski definition) is 2. The van der Waals surface area contributed by atoms with Crippen molar-refractivity contribution in [2.24, 2.45) is 0 Å². The summed E-state index contributed by atoms with van der Waals surface area (Å²) >= 11 is 0. The summed E-state index contributed by atoms with van der Waals surface area (Å²) in [7, 11) is 0. The maximum atomic E-state index is 12.7. The van der Waals surface area contributed by atoms with Gasteiger partial charge in [-0.05, 0) is 36.2 Å². The van der Waals surface area contributed by atoms with Gasteiger partial charge in [0.15, 0.2) is 0 Å². The molecule has 1 fully saturated rings. The van der Waals surface area contributed by atoms with Crippen molar-refractivity contribution < 1.29 is 9.21 Å². The fourth-order valence-corrected chi connectivity index (χ4v) is 3.51. The lowest BCUT2D eigenvalue weighted by atomic mass is 10.1. The molecule has 4 aromatic rings. The number of amides is 1. The van der Waals surface area contributed by atoms with Crippen molar-refractivity contribution in [3.05, 3.63) is 96.7 Å². The van der Waals surface area contributed by atoms with Gasteiger partial charge in [0.1, 0.15) is 0 Å². The number of anilines is 2. The van der Waals surface area contributed by atoms with Gasteiger partial charge in [-0.1, -0.05) is 36.4 Å². The number of nitrogens with one attached hydrogen (secondary N) is 2. The van der Waals surface area contributed by atoms with Crippen molar-refractivity contribution in [2.45, 2.75) is 18.4 Å². The summed E-state index contributed by atoms with van der Waals surface area (Å²) in [4.78, 5) is 21.4. The van der Waals surface area contributed by atoms with Crippen LogP contribution < -0.4 is 10.6 Å². The van der Waals surface area contributed by atoms with Gasteiger partial charge < -0.3 is 15.1 Å². The fourth-order valence-electron chi connectivity index (χ4n) is 3.51. The molecule has 2 heterocycles. The number of benzene rings is 2. The maximum Gasteiger partial charge on any atom is 0.251 e. The van der Waals surface area contributed by atoms with E-state index in [1.807, 2.05) is 48.5 Å². The molecule has 30 heavy (non-hydrogen) atoms. The molecule has 148 valence electrons. The fraction of sp³-hybridized carbons (Fsp3) is 0.125. The Balaban J connectivity index is 1.23. The van der Waals surface area contributed by atoms with Gasteiger partial charge in [0.2, 0.25) is 5.95 Å². The molecule has 1 amide bonds. The van der Waals surface area contributed by atoms with Crippen LogP contribution in [0.2, 0.25) is 0 Å². The number of hydrogen-bond acceptors (Lipinski definition) is 5. The Morgan fingerprint density at radius 1 is 0.967 bits per heavy atom. The largest absolute Gasteiger partial charge is 0.472 e. The van der Waals surface area contributed by atoms with Crippen molar-refractivity contribution in [3.8, 4) is 11.1 Å². The van der Waals surface area contributed by atoms with Gasteiger partial charge in [0.25, 0.3) is 5.91 Å². The summed E-state index contributed by atoms with van der Waals surface area (Å²) in [5.74, 6) is 0.794. The Bertz CT molecular complexity index is 1140. The van der Waals surface area contributed by atoms with Crippen LogP contribution in [0.25, 0.3) is 11.1 Å². The zero-order valence-corrected chi connectivity index (χ0v) is 16.2. The van der Waals surface area contributed by atoms with E-state index < -0.39 is 0 Å². The minimum absolute atomic E-state index is 0.0710. The van der Waals surface area contributed by atoms with Crippen LogP contribution in [0.3, 0.4) is 0 Å². The third kappa shape index (κ3) is 3.93. The van der Waals surface area contributed by atoms with Crippen molar-refractivity contribution in [2.75, 3.05) is 5.32 Å². The summed E-state index contributed by atoms with van der Waals surface area (Å²) < 4.78 is 5.08. The first-order valence-corrected chi connectivity index (χ1v) is 9.84. The average molecular weight is 396 g/mol. The van der Waals surface area contributed by atoms with Gasteiger partial charge >= 0.3 is 0 Å². The topological polar surface area (TPSA) is 80.0 Å². The molecule has 0 spiro atoms. The Morgan fingerprint density at radius 3 is 2.57 bits per heavy atom. The lowest BCUT2D eigenvalue weighted by Crippen LogP contribution is -2.26. The number of rotatable bonds is 6. The van der Waals surface area contributed by atoms with Crippen LogP contribution in [0.15, 0.2) is 90.0 Å². The van der Waals surface area contributed by atoms with E-state index >= 15 is 0 Å². The van der Waals surface area contributed by atoms with Crippen molar-refractivity contribution in [3.63, 3.8) is 0 Å². The first-order valence-electron chi connectivity index (χ1n) is 9.84. The van der Waals surface area contributed by atoms with Crippen LogP contribution in [-0.4, -0.2) is 21.9 Å². The first kappa shape index (κ1) is 18.1. The summed E-state index contributed by atoms with van der Waals surface area (Å²) in [6.07, 6.45) is 7.70. The third-order valence-corrected chi connectivity index (χ3v) is 5.22. The summed E-state index contributed by atoms with van der Waals surface area (Å²) in [5, 5.41) is 6.28. The lowest BCUT2D eigenvalue weighted by molar-refractivity contribution is 0.0950. The normalized spacial score (nSPS) is 17.3. The van der Waals surface area contributed by atoms with E-state index in [4.69, 9.17) is 4.42 Å². The Labute approximate surface area is 174 Å². The molecule has 0 saturated heterocycles. The quantitative estimate of drug-likeness (QED) is 0.491. The summed E-state index contributed by atoms with van der Waals surface area (Å²) in [5.41, 5.74) is 4.44. The van der Waals surface area contributed by atoms with E-state index in [0.29, 0.717) is 17.4 Å². The van der Waals surface area contributed by atoms with Crippen molar-refractivity contribution >= 4 is 17.5 Å². The van der Waals surface area contributed by atoms with Crippen LogP contribution in [-0.2, 0) is 0 Å². The number of carbonyl (C=O) groups is 1. The number of nitrogens with zero attached hydrogens (tertiary/aromatic N) is 2. The van der Waals surface area contributed by atoms with E-state index in [1.54, 1.807) is 24.9 Å². The molecule has 2 aromatic carbocycles. The average Bonchev–Trinajstić information content (AvgIpc) is 3.33. The predicted octanol–water partition coefficient (Wildman–Crippen LogP) is 4.77. The standard InChI is InChI=1S/C24H20N4O2/c29-23(28-22-12-21(22)16-5-2-1-3-6-16)17-7-4-8-20(11-17)27-24-25-13-19(14-26-24)18-9-10-30-15-18/h1-11,13-15,21-22H,12H2,(H,28,29)(H,25,26,27)/t21?,22-/m1/s1. The predicted molar refractivity (Wildman–Crippen MR) is 115 cm³/mol. The minimum Gasteiger partial charge on any atom is -0.472 e. The van der Waals surface area contributed by atoms with E-state index in [2.05, 4.69) is 32.7 Å². The molecule has 2 aromatic heterocycles. The number of carbonyl (C=O) groups excluding carboxylic acids is 1. The lowest BCUT2D eigenvalue weighted by Gasteiger charge is -2.08. The highest BCUT2D eigenvalue weighted by atomic mass is 16.3. The SMILES string of the molecule is O=C(N[C@@H]1CC1c1ccccc1)c1cccc(Nc2ncc(-c3ccoc3)cn2)c1. The van der Waals surface area contributed by atoms with Crippen LogP contribution in [0.5, 0.6) is 0 Å². The molecule has 6 heteroatoms. The molecule has 6 nitrogen and oxygen atoms in total. The van der Waals surface area contributed by atoms with Gasteiger partial charge in [-0.3, -0.25) is 4.79 Å². The van der Waals surface area contributed by atoms with Crippen LogP contribution in [0, 0.1) is 0 Å². The molecular weight excluding hydrogens is 376 g/mol. The molecule has 0 radical (unpaired) electrons. The van der Waals surface area contributed by atoms with E-state index in [-0.39, 0.29) is 11.9 Å². The maximum absolute atomic E-state index is 12.7. The van der Waals surface area contributed by atoms with Gasteiger partial charge in [-0.15, -0.1) is 0 Å². The zero-order chi connectivity index (χ0) is 20.3. The Hall–Kier alpha value is -3.93. The Kier molecular flexibility index (Phi) is 4.73. The van der Waals surface area contributed by atoms with Crippen LogP contribution in [0.4, 0.5) is 11.6 Å². The second-order valence-electron chi connectivity index (χ2n) is 7.35. The highest BCUT2D eigenvalue weighted by Crippen LogP contribution is 2.40. The first-order chi connectivity index (χ1) is 14.8. The molecule has 2 atom stereocenters. The summed E-state index contributed by atoms with van der Waals surface area (Å²) in [6, 6.07) is 19.7. The van der Waals surface area contributed by atoms with Gasteiger partial charge in [-0.25, -0.2) is 9.97 Å². The highest BCUT2D eigenvalue weighted by molar-refractivity contribution is 5.95. The highest BCUT2D eigenvalue weighted by Gasteiger charge is 2.39. The Morgan fingerprint density at radius 2 is 1.80 bits per heavy atom. The molecule has 0 aliphatic heterocycles. The van der Waals surface area contributed by atoms with E-state index in [0.717, 1.165) is 23.2 Å². The van der Waals surface area contributed by atoms with E-state index in [9.17, 15) is 4.79 Å².